The van der Waals surface area contributed by atoms with Crippen LogP contribution in [-0.2, 0) is 23.0 Å². The van der Waals surface area contributed by atoms with Crippen molar-refractivity contribution in [2.24, 2.45) is 0 Å². The number of hydrogen-bond donors (Lipinski definition) is 0. The first kappa shape index (κ1) is 16.8. The van der Waals surface area contributed by atoms with E-state index >= 15 is 0 Å². The standard InChI is InChI=1S/2CO.6FH.Mn/c2*1-2;;;;;;;/h;;6*1H;/q;;;;;;;;+6/p-6. The topological polar surface area (TPSA) is 34.1 Å². The van der Waals surface area contributed by atoms with Gasteiger partial charge in [0, 0.05) is 0 Å². The molecule has 0 bridgehead atoms. The van der Waals surface area contributed by atoms with Gasteiger partial charge in [0.05, 0.1) is 0 Å². The molecule has 0 N–H and O–H groups in total. The van der Waals surface area contributed by atoms with Crippen molar-refractivity contribution in [2.75, 3.05) is 0 Å². The molecule has 2 nitrogen and oxygen atoms in total. The summed E-state index contributed by atoms with van der Waals surface area (Å²) in [6, 6.07) is 0. The van der Waals surface area contributed by atoms with Gasteiger partial charge in [0.1, 0.15) is 0 Å². The Kier molecular flexibility index (Phi) is 4.93. The van der Waals surface area contributed by atoms with E-state index in [0.717, 1.165) is 0 Å². The van der Waals surface area contributed by atoms with Crippen molar-refractivity contribution in [2.45, 2.75) is 0 Å². The number of rotatable bonds is 0. The number of hydrogen-bond acceptors (Lipinski definition) is 2. The Morgan fingerprint density at radius 2 is 0.636 bits per heavy atom. The van der Waals surface area contributed by atoms with Crippen molar-refractivity contribution in [3.8, 4) is 0 Å². The van der Waals surface area contributed by atoms with Crippen molar-refractivity contribution in [3.63, 3.8) is 0 Å². The Morgan fingerprint density at radius 3 is 0.636 bits per heavy atom. The molecule has 0 heterocycles. The van der Waals surface area contributed by atoms with Gasteiger partial charge >= 0.3 is 34.8 Å². The Morgan fingerprint density at radius 1 is 0.636 bits per heavy atom. The molecule has 0 fully saturated rings. The maximum atomic E-state index is 9.89. The summed E-state index contributed by atoms with van der Waals surface area (Å²) in [5.74, 6) is 0. The van der Waals surface area contributed by atoms with Crippen molar-refractivity contribution >= 4 is 13.6 Å². The van der Waals surface area contributed by atoms with E-state index < -0.39 is 13.5 Å². The zero-order valence-electron chi connectivity index (χ0n) is 4.46. The third-order valence-electron chi connectivity index (χ3n) is 0. The average molecular weight is 225 g/mol. The first-order valence-corrected chi connectivity index (χ1v) is 3.94. The zero-order chi connectivity index (χ0) is 10.4. The quantitative estimate of drug-likeness (QED) is 0.464. The van der Waals surface area contributed by atoms with Crippen LogP contribution in [-0.4, -0.2) is 13.6 Å². The fourth-order valence-electron chi connectivity index (χ4n) is 0. The van der Waals surface area contributed by atoms with Gasteiger partial charge in [0.25, 0.3) is 13.6 Å². The van der Waals surface area contributed by atoms with E-state index in [0.29, 0.717) is 0 Å². The molecule has 0 saturated heterocycles. The third-order valence-corrected chi connectivity index (χ3v) is 0. The normalized spacial score (nSPS) is 15.5. The molecule has 0 aromatic rings. The summed E-state index contributed by atoms with van der Waals surface area (Å²) in [6.07, 6.45) is 0. The molecule has 69 valence electrons. The van der Waals surface area contributed by atoms with Crippen LogP contribution < -0.4 is 0 Å². The summed E-state index contributed by atoms with van der Waals surface area (Å²) in [6.45, 7) is 9.00. The van der Waals surface area contributed by atoms with Gasteiger partial charge in [0.15, 0.2) is 0 Å². The summed E-state index contributed by atoms with van der Waals surface area (Å²) < 4.78 is 59.3. The van der Waals surface area contributed by atoms with Crippen LogP contribution in [0.2, 0.25) is 0 Å². The van der Waals surface area contributed by atoms with E-state index in [9.17, 15) is 21.3 Å². The van der Waals surface area contributed by atoms with Crippen LogP contribution in [0.15, 0.2) is 0 Å². The van der Waals surface area contributed by atoms with Crippen LogP contribution in [0.5, 0.6) is 0 Å². The summed E-state index contributed by atoms with van der Waals surface area (Å²) >= 11 is -10.9. The van der Waals surface area contributed by atoms with E-state index in [4.69, 9.17) is 9.59 Å². The molecule has 0 unspecified atom stereocenters. The van der Waals surface area contributed by atoms with Crippen LogP contribution in [0, 0.1) is 0 Å². The second kappa shape index (κ2) is 3.22. The van der Waals surface area contributed by atoms with Gasteiger partial charge in [-0.25, -0.2) is 0 Å². The van der Waals surface area contributed by atoms with E-state index in [1.807, 2.05) is 0 Å². The summed E-state index contributed by atoms with van der Waals surface area (Å²) in [5, 5.41) is 0. The van der Waals surface area contributed by atoms with Crippen LogP contribution >= 0.6 is 0 Å². The molecule has 11 heavy (non-hydrogen) atoms. The molecule has 0 atom stereocenters. The van der Waals surface area contributed by atoms with Gasteiger partial charge in [-0.3, -0.25) is 9.59 Å². The molecular formula is C2F6MnO2. The van der Waals surface area contributed by atoms with Crippen molar-refractivity contribution in [1.82, 2.24) is 0 Å². The van der Waals surface area contributed by atoms with Gasteiger partial charge in [-0.1, -0.05) is 0 Å². The second-order valence-electron chi connectivity index (χ2n) is 0.810. The van der Waals surface area contributed by atoms with Crippen LogP contribution in [0.25, 0.3) is 0 Å². The minimum atomic E-state index is -10.9. The van der Waals surface area contributed by atoms with E-state index in [1.165, 1.54) is 0 Å². The zero-order valence-corrected chi connectivity index (χ0v) is 5.64. The predicted molar refractivity (Wildman–Crippen MR) is 18.0 cm³/mol. The minimum absolute atomic E-state index is 4.50. The van der Waals surface area contributed by atoms with Crippen LogP contribution in [0.3, 0.4) is 0 Å². The molecule has 0 aliphatic heterocycles. The molecule has 0 aliphatic carbocycles. The van der Waals surface area contributed by atoms with Crippen molar-refractivity contribution in [3.05, 3.63) is 0 Å². The molecule has 4 radical (unpaired) electrons. The fourth-order valence-corrected chi connectivity index (χ4v) is 0. The SMILES string of the molecule is [C]=O.[C]=O.[F][Mn]([F])([F])([F])([F])[F]. The average Bonchev–Trinajstić information content (AvgIpc) is 1.68. The maximum absolute atomic E-state index is 10.9. The first-order chi connectivity index (χ1) is 4.45. The van der Waals surface area contributed by atoms with E-state index in [1.54, 1.807) is 0 Å². The number of carbonyl (C=O) groups excluding carboxylic acids is 2. The summed E-state index contributed by atoms with van der Waals surface area (Å²) in [4.78, 5) is 15.0. The molecule has 0 rings (SSSR count). The van der Waals surface area contributed by atoms with Gasteiger partial charge in [0.2, 0.25) is 0 Å². The molecule has 0 aromatic heterocycles. The fraction of sp³-hybridized carbons (Fsp3) is 0. The Bertz CT molecular complexity index is 96.9. The van der Waals surface area contributed by atoms with Crippen molar-refractivity contribution in [1.29, 1.82) is 0 Å². The molecule has 0 saturated carbocycles. The van der Waals surface area contributed by atoms with Gasteiger partial charge in [-0.15, -0.1) is 0 Å². The van der Waals surface area contributed by atoms with Gasteiger partial charge in [-0.05, 0) is 0 Å². The summed E-state index contributed by atoms with van der Waals surface area (Å²) in [5.41, 5.74) is 0. The summed E-state index contributed by atoms with van der Waals surface area (Å²) in [7, 11) is 0. The molecule has 0 spiro atoms. The molecule has 9 heteroatoms. The van der Waals surface area contributed by atoms with Crippen LogP contribution in [0.1, 0.15) is 0 Å². The van der Waals surface area contributed by atoms with Crippen LogP contribution in [0.4, 0.5) is 21.3 Å². The predicted octanol–water partition coefficient (Wildman–Crippen LogP) is 1.72. The Balaban J connectivity index is -0.000000138. The molecule has 0 amide bonds. The molecule has 0 aromatic carbocycles. The second-order valence-corrected chi connectivity index (χ2v) is 3.34. The van der Waals surface area contributed by atoms with Gasteiger partial charge in [-0.2, -0.15) is 0 Å². The number of halogens is 6. The van der Waals surface area contributed by atoms with E-state index in [2.05, 4.69) is 13.6 Å². The Hall–Kier alpha value is -0.561. The third kappa shape index (κ3) is 1660. The monoisotopic (exact) mass is 225 g/mol. The molecule has 0 aliphatic rings. The van der Waals surface area contributed by atoms with Crippen molar-refractivity contribution < 1.29 is 44.4 Å². The Labute approximate surface area is 58.9 Å². The molecular weight excluding hydrogens is 225 g/mol. The van der Waals surface area contributed by atoms with E-state index in [-0.39, 0.29) is 0 Å². The van der Waals surface area contributed by atoms with Gasteiger partial charge < -0.3 is 0 Å². The first-order valence-electron chi connectivity index (χ1n) is 1.27.